The fourth-order valence-corrected chi connectivity index (χ4v) is 1.13. The summed E-state index contributed by atoms with van der Waals surface area (Å²) >= 11 is 0. The Morgan fingerprint density at radius 1 is 1.18 bits per heavy atom. The maximum absolute atomic E-state index is 5.43. The molecule has 0 aromatic carbocycles. The van der Waals surface area contributed by atoms with Crippen LogP contribution in [0.3, 0.4) is 0 Å². The minimum Gasteiger partial charge on any atom is -0.353 e. The second-order valence-electron chi connectivity index (χ2n) is 2.81. The fraction of sp³-hybridized carbons (Fsp3) is 1.00. The van der Waals surface area contributed by atoms with Crippen molar-refractivity contribution in [1.29, 1.82) is 0 Å². The Morgan fingerprint density at radius 3 is 2.36 bits per heavy atom. The summed E-state index contributed by atoms with van der Waals surface area (Å²) in [7, 11) is 0. The van der Waals surface area contributed by atoms with Gasteiger partial charge in [-0.25, -0.2) is 0 Å². The molecule has 0 atom stereocenters. The number of rotatable bonds is 3. The van der Waals surface area contributed by atoms with E-state index in [9.17, 15) is 0 Å². The lowest BCUT2D eigenvalue weighted by Gasteiger charge is -2.13. The van der Waals surface area contributed by atoms with E-state index in [1.54, 1.807) is 0 Å². The summed E-state index contributed by atoms with van der Waals surface area (Å²) in [5, 5.41) is 0. The molecule has 0 aromatic heterocycles. The van der Waals surface area contributed by atoms with Crippen LogP contribution < -0.4 is 5.73 Å². The van der Waals surface area contributed by atoms with Crippen molar-refractivity contribution < 1.29 is 9.47 Å². The molecule has 0 unspecified atom stereocenters. The van der Waals surface area contributed by atoms with Gasteiger partial charge in [-0.1, -0.05) is 0 Å². The van der Waals surface area contributed by atoms with E-state index < -0.39 is 0 Å². The van der Waals surface area contributed by atoms with Crippen molar-refractivity contribution in [3.05, 3.63) is 0 Å². The lowest BCUT2D eigenvalue weighted by Crippen LogP contribution is -2.17. The van der Waals surface area contributed by atoms with E-state index in [0.717, 1.165) is 45.4 Å². The minimum atomic E-state index is 0.0149. The Balaban J connectivity index is 2.09. The van der Waals surface area contributed by atoms with Crippen LogP contribution in [0.15, 0.2) is 0 Å². The van der Waals surface area contributed by atoms with Gasteiger partial charge in [-0.3, -0.25) is 0 Å². The summed E-state index contributed by atoms with van der Waals surface area (Å²) in [6.45, 7) is 2.41. The summed E-state index contributed by atoms with van der Waals surface area (Å²) in [5.74, 6) is 0. The van der Waals surface area contributed by atoms with Crippen molar-refractivity contribution in [2.24, 2.45) is 5.73 Å². The second kappa shape index (κ2) is 5.52. The van der Waals surface area contributed by atoms with Crippen LogP contribution in [0.1, 0.15) is 25.7 Å². The molecule has 1 rings (SSSR count). The predicted octanol–water partition coefficient (Wildman–Crippen LogP) is 0.878. The topological polar surface area (TPSA) is 44.5 Å². The average molecular weight is 159 g/mol. The van der Waals surface area contributed by atoms with E-state index in [1.807, 2.05) is 0 Å². The third kappa shape index (κ3) is 3.70. The quantitative estimate of drug-likeness (QED) is 0.664. The van der Waals surface area contributed by atoms with Crippen molar-refractivity contribution in [1.82, 2.24) is 0 Å². The first-order valence-electron chi connectivity index (χ1n) is 4.37. The molecule has 66 valence electrons. The van der Waals surface area contributed by atoms with Crippen molar-refractivity contribution in [2.75, 3.05) is 19.8 Å². The lowest BCUT2D eigenvalue weighted by atomic mass is 10.3. The van der Waals surface area contributed by atoms with Gasteiger partial charge in [-0.15, -0.1) is 0 Å². The monoisotopic (exact) mass is 159 g/mol. The summed E-state index contributed by atoms with van der Waals surface area (Å²) in [4.78, 5) is 0. The molecular weight excluding hydrogens is 142 g/mol. The van der Waals surface area contributed by atoms with Crippen LogP contribution in [0, 0.1) is 0 Å². The van der Waals surface area contributed by atoms with Gasteiger partial charge in [-0.05, 0) is 32.2 Å². The summed E-state index contributed by atoms with van der Waals surface area (Å²) < 4.78 is 10.9. The van der Waals surface area contributed by atoms with Crippen molar-refractivity contribution >= 4 is 0 Å². The van der Waals surface area contributed by atoms with Gasteiger partial charge in [0.1, 0.15) is 0 Å². The standard InChI is InChI=1S/C8H17NO2/c9-5-3-4-8-10-6-1-2-7-11-8/h8H,1-7,9H2. The van der Waals surface area contributed by atoms with Gasteiger partial charge in [0.2, 0.25) is 0 Å². The average Bonchev–Trinajstić information content (AvgIpc) is 2.28. The smallest absolute Gasteiger partial charge is 0.157 e. The first kappa shape index (κ1) is 8.97. The maximum Gasteiger partial charge on any atom is 0.157 e. The number of ether oxygens (including phenoxy) is 2. The highest BCUT2D eigenvalue weighted by Crippen LogP contribution is 2.09. The zero-order valence-electron chi connectivity index (χ0n) is 6.92. The van der Waals surface area contributed by atoms with Crippen molar-refractivity contribution in [2.45, 2.75) is 32.0 Å². The van der Waals surface area contributed by atoms with Crippen LogP contribution >= 0.6 is 0 Å². The Hall–Kier alpha value is -0.120. The highest BCUT2D eigenvalue weighted by Gasteiger charge is 2.11. The Bertz CT molecular complexity index is 90.1. The first-order valence-corrected chi connectivity index (χ1v) is 4.37. The molecular formula is C8H17NO2. The van der Waals surface area contributed by atoms with Gasteiger partial charge < -0.3 is 15.2 Å². The van der Waals surface area contributed by atoms with Gasteiger partial charge in [0.05, 0.1) is 0 Å². The lowest BCUT2D eigenvalue weighted by molar-refractivity contribution is -0.129. The normalized spacial score (nSPS) is 21.5. The number of hydrogen-bond acceptors (Lipinski definition) is 3. The van der Waals surface area contributed by atoms with Crippen LogP contribution in [0.4, 0.5) is 0 Å². The molecule has 3 nitrogen and oxygen atoms in total. The van der Waals surface area contributed by atoms with E-state index in [4.69, 9.17) is 15.2 Å². The molecule has 0 saturated carbocycles. The highest BCUT2D eigenvalue weighted by molar-refractivity contribution is 4.52. The third-order valence-corrected chi connectivity index (χ3v) is 1.79. The molecule has 1 fully saturated rings. The van der Waals surface area contributed by atoms with Crippen LogP contribution in [0.2, 0.25) is 0 Å². The third-order valence-electron chi connectivity index (χ3n) is 1.79. The molecule has 3 heteroatoms. The molecule has 0 aliphatic carbocycles. The van der Waals surface area contributed by atoms with E-state index in [1.165, 1.54) is 0 Å². The molecule has 0 amide bonds. The molecule has 0 aromatic rings. The van der Waals surface area contributed by atoms with Crippen LogP contribution in [0.25, 0.3) is 0 Å². The summed E-state index contributed by atoms with van der Waals surface area (Å²) in [6.07, 6.45) is 4.19. The van der Waals surface area contributed by atoms with Crippen LogP contribution in [-0.2, 0) is 9.47 Å². The second-order valence-corrected chi connectivity index (χ2v) is 2.81. The van der Waals surface area contributed by atoms with E-state index in [2.05, 4.69) is 0 Å². The Kier molecular flexibility index (Phi) is 4.50. The SMILES string of the molecule is NCCCC1OCCCCO1. The van der Waals surface area contributed by atoms with Gasteiger partial charge in [0.25, 0.3) is 0 Å². The fourth-order valence-electron chi connectivity index (χ4n) is 1.13. The molecule has 2 N–H and O–H groups in total. The number of hydrogen-bond donors (Lipinski definition) is 1. The zero-order chi connectivity index (χ0) is 7.94. The molecule has 0 bridgehead atoms. The highest BCUT2D eigenvalue weighted by atomic mass is 16.7. The largest absolute Gasteiger partial charge is 0.353 e. The van der Waals surface area contributed by atoms with Crippen molar-refractivity contribution in [3.63, 3.8) is 0 Å². The Morgan fingerprint density at radius 2 is 1.82 bits per heavy atom. The minimum absolute atomic E-state index is 0.0149. The zero-order valence-corrected chi connectivity index (χ0v) is 6.92. The van der Waals surface area contributed by atoms with Crippen LogP contribution in [-0.4, -0.2) is 26.0 Å². The van der Waals surface area contributed by atoms with Crippen LogP contribution in [0.5, 0.6) is 0 Å². The Labute approximate surface area is 67.9 Å². The molecule has 1 aliphatic heterocycles. The van der Waals surface area contributed by atoms with E-state index in [0.29, 0.717) is 0 Å². The summed E-state index contributed by atoms with van der Waals surface area (Å²) in [5.41, 5.74) is 5.37. The van der Waals surface area contributed by atoms with Gasteiger partial charge in [0, 0.05) is 13.2 Å². The summed E-state index contributed by atoms with van der Waals surface area (Å²) in [6, 6.07) is 0. The maximum atomic E-state index is 5.43. The van der Waals surface area contributed by atoms with Crippen molar-refractivity contribution in [3.8, 4) is 0 Å². The molecule has 0 spiro atoms. The first-order chi connectivity index (χ1) is 5.43. The van der Waals surface area contributed by atoms with E-state index >= 15 is 0 Å². The van der Waals surface area contributed by atoms with Gasteiger partial charge in [0.15, 0.2) is 6.29 Å². The molecule has 0 radical (unpaired) electrons. The van der Waals surface area contributed by atoms with Gasteiger partial charge >= 0.3 is 0 Å². The van der Waals surface area contributed by atoms with Gasteiger partial charge in [-0.2, -0.15) is 0 Å². The molecule has 1 heterocycles. The molecule has 1 aliphatic rings. The molecule has 11 heavy (non-hydrogen) atoms. The number of nitrogens with two attached hydrogens (primary N) is 1. The van der Waals surface area contributed by atoms with E-state index in [-0.39, 0.29) is 6.29 Å². The predicted molar refractivity (Wildman–Crippen MR) is 43.2 cm³/mol. The molecule has 1 saturated heterocycles.